The van der Waals surface area contributed by atoms with Gasteiger partial charge in [0.05, 0.1) is 0 Å². The summed E-state index contributed by atoms with van der Waals surface area (Å²) in [5, 5.41) is 0.129. The smallest absolute Gasteiger partial charge is 0.306 e. The molecule has 0 saturated heterocycles. The SMILES string of the molecule is CCCCCC/C=C\COC(=O)CCCCCN(CCCCCC(=O)OC(CCCCCCCC)CCCCCCCC)C(=O)SCCN(C)C. The lowest BCUT2D eigenvalue weighted by Gasteiger charge is -2.23. The van der Waals surface area contributed by atoms with Crippen LogP contribution in [-0.4, -0.2) is 79.2 Å². The van der Waals surface area contributed by atoms with Gasteiger partial charge < -0.3 is 19.3 Å². The molecule has 0 aromatic carbocycles. The Labute approximate surface area is 320 Å². The topological polar surface area (TPSA) is 76.1 Å². The predicted octanol–water partition coefficient (Wildman–Crippen LogP) is 12.3. The van der Waals surface area contributed by atoms with E-state index in [2.05, 4.69) is 31.7 Å². The molecule has 0 rings (SSSR count). The maximum atomic E-state index is 13.1. The van der Waals surface area contributed by atoms with Crippen molar-refractivity contribution >= 4 is 28.9 Å². The Morgan fingerprint density at radius 3 is 1.61 bits per heavy atom. The number of hydrogen-bond acceptors (Lipinski definition) is 7. The summed E-state index contributed by atoms with van der Waals surface area (Å²) in [6.45, 7) is 9.33. The summed E-state index contributed by atoms with van der Waals surface area (Å²) in [6, 6.07) is 0. The molecule has 0 aliphatic rings. The zero-order valence-electron chi connectivity index (χ0n) is 34.2. The Bertz CT molecular complexity index is 821. The standard InChI is InChI=1S/C43H82N2O5S/c1-6-9-12-15-18-21-30-38-49-41(46)33-26-22-28-35-45(43(48)51-39-37-44(4)5)36-29-23-27-34-42(47)50-40(31-24-19-16-13-10-7-2)32-25-20-17-14-11-8-3/h21,30,40H,6-20,22-29,31-39H2,1-5H3/b30-21-. The lowest BCUT2D eigenvalue weighted by molar-refractivity contribution is -0.150. The Hall–Kier alpha value is -1.54. The van der Waals surface area contributed by atoms with Gasteiger partial charge in [0.2, 0.25) is 0 Å². The number of thioether (sulfide) groups is 1. The van der Waals surface area contributed by atoms with Crippen LogP contribution in [-0.2, 0) is 19.1 Å². The average Bonchev–Trinajstić information content (AvgIpc) is 3.10. The van der Waals surface area contributed by atoms with Crippen LogP contribution in [0.4, 0.5) is 4.79 Å². The van der Waals surface area contributed by atoms with Crippen molar-refractivity contribution in [2.24, 2.45) is 0 Å². The average molecular weight is 739 g/mol. The highest BCUT2D eigenvalue weighted by molar-refractivity contribution is 8.13. The molecule has 300 valence electrons. The van der Waals surface area contributed by atoms with E-state index >= 15 is 0 Å². The van der Waals surface area contributed by atoms with E-state index in [1.165, 1.54) is 102 Å². The second kappa shape index (κ2) is 38.2. The molecule has 0 bridgehead atoms. The normalized spacial score (nSPS) is 11.6. The number of ether oxygens (including phenoxy) is 2. The number of nitrogens with zero attached hydrogens (tertiary/aromatic N) is 2. The Kier molecular flexibility index (Phi) is 37.0. The summed E-state index contributed by atoms with van der Waals surface area (Å²) in [5.74, 6) is 0.569. The van der Waals surface area contributed by atoms with E-state index in [4.69, 9.17) is 9.47 Å². The molecule has 0 aromatic rings. The molecule has 8 heteroatoms. The molecule has 51 heavy (non-hydrogen) atoms. The molecule has 0 saturated carbocycles. The summed E-state index contributed by atoms with van der Waals surface area (Å²) in [7, 11) is 4.05. The summed E-state index contributed by atoms with van der Waals surface area (Å²) in [5.41, 5.74) is 0. The molecule has 0 aliphatic carbocycles. The van der Waals surface area contributed by atoms with E-state index in [1.54, 1.807) is 0 Å². The first-order valence-electron chi connectivity index (χ1n) is 21.4. The molecule has 0 spiro atoms. The van der Waals surface area contributed by atoms with Crippen LogP contribution >= 0.6 is 11.8 Å². The molecule has 0 atom stereocenters. The van der Waals surface area contributed by atoms with Gasteiger partial charge >= 0.3 is 11.9 Å². The van der Waals surface area contributed by atoms with Crippen molar-refractivity contribution in [2.75, 3.05) is 46.1 Å². The number of rotatable bonds is 37. The number of allylic oxidation sites excluding steroid dienone is 1. The minimum atomic E-state index is -0.146. The monoisotopic (exact) mass is 739 g/mol. The predicted molar refractivity (Wildman–Crippen MR) is 220 cm³/mol. The molecule has 0 heterocycles. The number of esters is 2. The van der Waals surface area contributed by atoms with E-state index in [1.807, 2.05) is 25.1 Å². The van der Waals surface area contributed by atoms with Gasteiger partial charge in [0.15, 0.2) is 0 Å². The van der Waals surface area contributed by atoms with Crippen LogP contribution in [0, 0.1) is 0 Å². The van der Waals surface area contributed by atoms with Gasteiger partial charge in [0.25, 0.3) is 5.24 Å². The van der Waals surface area contributed by atoms with Crippen LogP contribution in [0.1, 0.15) is 194 Å². The largest absolute Gasteiger partial charge is 0.462 e. The van der Waals surface area contributed by atoms with Crippen molar-refractivity contribution in [1.29, 1.82) is 0 Å². The van der Waals surface area contributed by atoms with E-state index < -0.39 is 0 Å². The van der Waals surface area contributed by atoms with Crippen LogP contribution in [0.25, 0.3) is 0 Å². The molecule has 1 amide bonds. The fourth-order valence-electron chi connectivity index (χ4n) is 6.10. The third-order valence-corrected chi connectivity index (χ3v) is 10.3. The van der Waals surface area contributed by atoms with Gasteiger partial charge in [-0.05, 0) is 78.3 Å². The summed E-state index contributed by atoms with van der Waals surface area (Å²) in [4.78, 5) is 42.1. The first-order valence-corrected chi connectivity index (χ1v) is 22.4. The van der Waals surface area contributed by atoms with Gasteiger partial charge in [0.1, 0.15) is 12.7 Å². The van der Waals surface area contributed by atoms with E-state index in [0.29, 0.717) is 32.5 Å². The molecule has 7 nitrogen and oxygen atoms in total. The van der Waals surface area contributed by atoms with Gasteiger partial charge in [-0.2, -0.15) is 0 Å². The third kappa shape index (κ3) is 35.3. The van der Waals surface area contributed by atoms with Crippen LogP contribution in [0.2, 0.25) is 0 Å². The van der Waals surface area contributed by atoms with Crippen LogP contribution in [0.5, 0.6) is 0 Å². The molecule has 0 unspecified atom stereocenters. The zero-order valence-corrected chi connectivity index (χ0v) is 35.0. The summed E-state index contributed by atoms with van der Waals surface area (Å²) in [6.07, 6.45) is 33.2. The Morgan fingerprint density at radius 2 is 1.06 bits per heavy atom. The molecule has 0 aliphatic heterocycles. The second-order valence-electron chi connectivity index (χ2n) is 14.8. The van der Waals surface area contributed by atoms with Gasteiger partial charge in [-0.25, -0.2) is 0 Å². The van der Waals surface area contributed by atoms with Crippen molar-refractivity contribution in [1.82, 2.24) is 9.80 Å². The lowest BCUT2D eigenvalue weighted by Crippen LogP contribution is -2.31. The van der Waals surface area contributed by atoms with Gasteiger partial charge in [-0.3, -0.25) is 14.4 Å². The summed E-state index contributed by atoms with van der Waals surface area (Å²) >= 11 is 1.39. The quantitative estimate of drug-likeness (QED) is 0.0357. The van der Waals surface area contributed by atoms with Gasteiger partial charge in [-0.1, -0.05) is 141 Å². The van der Waals surface area contributed by atoms with Crippen molar-refractivity contribution < 1.29 is 23.9 Å². The van der Waals surface area contributed by atoms with Crippen molar-refractivity contribution in [2.45, 2.75) is 200 Å². The van der Waals surface area contributed by atoms with Gasteiger partial charge in [0, 0.05) is 38.2 Å². The number of carbonyl (C=O) groups is 3. The highest BCUT2D eigenvalue weighted by Gasteiger charge is 2.16. The highest BCUT2D eigenvalue weighted by atomic mass is 32.2. The minimum absolute atomic E-state index is 0.0545. The number of unbranched alkanes of at least 4 members (excludes halogenated alkanes) is 18. The first-order chi connectivity index (χ1) is 24.8. The van der Waals surface area contributed by atoms with Crippen molar-refractivity contribution in [3.63, 3.8) is 0 Å². The minimum Gasteiger partial charge on any atom is -0.462 e. The molecule has 0 N–H and O–H groups in total. The highest BCUT2D eigenvalue weighted by Crippen LogP contribution is 2.19. The zero-order chi connectivity index (χ0) is 37.6. The molecule has 0 aromatic heterocycles. The van der Waals surface area contributed by atoms with Crippen molar-refractivity contribution in [3.8, 4) is 0 Å². The fraction of sp³-hybridized carbons (Fsp3) is 0.884. The van der Waals surface area contributed by atoms with Crippen LogP contribution in [0.3, 0.4) is 0 Å². The number of amides is 1. The van der Waals surface area contributed by atoms with Gasteiger partial charge in [-0.15, -0.1) is 0 Å². The van der Waals surface area contributed by atoms with Crippen molar-refractivity contribution in [3.05, 3.63) is 12.2 Å². The lowest BCUT2D eigenvalue weighted by atomic mass is 10.0. The Morgan fingerprint density at radius 1 is 0.569 bits per heavy atom. The molecular weight excluding hydrogens is 657 g/mol. The molecule has 0 radical (unpaired) electrons. The molecular formula is C43H82N2O5S. The second-order valence-corrected chi connectivity index (χ2v) is 15.8. The fourth-order valence-corrected chi connectivity index (χ4v) is 7.09. The summed E-state index contributed by atoms with van der Waals surface area (Å²) < 4.78 is 11.4. The number of hydrogen-bond donors (Lipinski definition) is 0. The number of carbonyl (C=O) groups excluding carboxylic acids is 3. The molecule has 0 fully saturated rings. The van der Waals surface area contributed by atoms with Crippen LogP contribution in [0.15, 0.2) is 12.2 Å². The van der Waals surface area contributed by atoms with E-state index in [0.717, 1.165) is 82.9 Å². The first kappa shape index (κ1) is 49.5. The maximum Gasteiger partial charge on any atom is 0.306 e. The third-order valence-electron chi connectivity index (χ3n) is 9.43. The van der Waals surface area contributed by atoms with E-state index in [9.17, 15) is 14.4 Å². The van der Waals surface area contributed by atoms with Crippen LogP contribution < -0.4 is 0 Å². The van der Waals surface area contributed by atoms with E-state index in [-0.39, 0.29) is 23.3 Å². The maximum absolute atomic E-state index is 13.1. The Balaban J connectivity index is 4.54.